The Hall–Kier alpha value is -1.61. The molecule has 0 aliphatic carbocycles. The molecule has 1 rings (SSSR count). The number of methoxy groups -OCH3 is 1. The number of carbonyl (C=O) groups excluding carboxylic acids is 1. The van der Waals surface area contributed by atoms with Gasteiger partial charge in [-0.25, -0.2) is 4.79 Å². The van der Waals surface area contributed by atoms with Gasteiger partial charge in [0, 0.05) is 0 Å². The van der Waals surface area contributed by atoms with E-state index in [4.69, 9.17) is 0 Å². The normalized spacial score (nSPS) is 11.9. The Bertz CT molecular complexity index is 358. The Morgan fingerprint density at radius 3 is 3.00 bits per heavy atom. The molecule has 1 atom stereocenters. The molecule has 1 aromatic carbocycles. The number of esters is 1. The van der Waals surface area contributed by atoms with E-state index in [-0.39, 0.29) is 0 Å². The van der Waals surface area contributed by atoms with Gasteiger partial charge in [0.05, 0.1) is 18.8 Å². The van der Waals surface area contributed by atoms with Crippen molar-refractivity contribution in [3.8, 4) is 0 Å². The number of aliphatic hydroxyl groups excluding tert-OH is 1. The van der Waals surface area contributed by atoms with E-state index in [1.807, 2.05) is 0 Å². The summed E-state index contributed by atoms with van der Waals surface area (Å²) in [5, 5.41) is 9.68. The Balaban J connectivity index is 2.91. The van der Waals surface area contributed by atoms with Gasteiger partial charge in [-0.3, -0.25) is 0 Å². The minimum Gasteiger partial charge on any atom is -0.465 e. The Kier molecular flexibility index (Phi) is 4.06. The van der Waals surface area contributed by atoms with E-state index in [2.05, 4.69) is 11.3 Å². The standard InChI is InChI=1S/C12H14O3/c1-3-5-11(13)9-6-4-7-10(8-9)12(14)15-2/h3-4,6-8,11,13H,1,5H2,2H3/t11-/m0/s1. The molecule has 1 aromatic rings. The zero-order valence-corrected chi connectivity index (χ0v) is 8.64. The molecular formula is C12H14O3. The van der Waals surface area contributed by atoms with Gasteiger partial charge in [0.2, 0.25) is 0 Å². The second kappa shape index (κ2) is 5.32. The quantitative estimate of drug-likeness (QED) is 0.606. The average Bonchev–Trinajstić information content (AvgIpc) is 2.28. The highest BCUT2D eigenvalue weighted by molar-refractivity contribution is 5.89. The SMILES string of the molecule is C=CC[C@H](O)c1cccc(C(=O)OC)c1. The first-order valence-corrected chi connectivity index (χ1v) is 4.66. The molecule has 0 fully saturated rings. The molecule has 0 heterocycles. The lowest BCUT2D eigenvalue weighted by molar-refractivity contribution is 0.0600. The van der Waals surface area contributed by atoms with Crippen LogP contribution in [0.4, 0.5) is 0 Å². The van der Waals surface area contributed by atoms with Crippen molar-refractivity contribution in [2.24, 2.45) is 0 Å². The van der Waals surface area contributed by atoms with Crippen molar-refractivity contribution in [2.75, 3.05) is 7.11 Å². The maximum absolute atomic E-state index is 11.2. The van der Waals surface area contributed by atoms with Crippen LogP contribution in [0.25, 0.3) is 0 Å². The van der Waals surface area contributed by atoms with Gasteiger partial charge < -0.3 is 9.84 Å². The van der Waals surface area contributed by atoms with Gasteiger partial charge in [-0.1, -0.05) is 18.2 Å². The molecule has 3 nitrogen and oxygen atoms in total. The minimum atomic E-state index is -0.618. The maximum atomic E-state index is 11.2. The smallest absolute Gasteiger partial charge is 0.337 e. The molecule has 0 unspecified atom stereocenters. The lowest BCUT2D eigenvalue weighted by Crippen LogP contribution is -2.03. The molecule has 0 spiro atoms. The van der Waals surface area contributed by atoms with E-state index in [1.54, 1.807) is 30.3 Å². The van der Waals surface area contributed by atoms with Crippen LogP contribution in [-0.4, -0.2) is 18.2 Å². The highest BCUT2D eigenvalue weighted by Gasteiger charge is 2.09. The van der Waals surface area contributed by atoms with Crippen LogP contribution in [0.15, 0.2) is 36.9 Å². The number of carbonyl (C=O) groups is 1. The second-order valence-electron chi connectivity index (χ2n) is 3.16. The first-order chi connectivity index (χ1) is 7.19. The van der Waals surface area contributed by atoms with Gasteiger partial charge in [-0.05, 0) is 24.1 Å². The van der Waals surface area contributed by atoms with Crippen molar-refractivity contribution in [1.82, 2.24) is 0 Å². The van der Waals surface area contributed by atoms with Gasteiger partial charge in [0.25, 0.3) is 0 Å². The fourth-order valence-corrected chi connectivity index (χ4v) is 1.28. The summed E-state index contributed by atoms with van der Waals surface area (Å²) >= 11 is 0. The molecule has 0 amide bonds. The van der Waals surface area contributed by atoms with Gasteiger partial charge in [-0.2, -0.15) is 0 Å². The Morgan fingerprint density at radius 1 is 1.67 bits per heavy atom. The van der Waals surface area contributed by atoms with Gasteiger partial charge >= 0.3 is 5.97 Å². The molecule has 0 radical (unpaired) electrons. The summed E-state index contributed by atoms with van der Waals surface area (Å²) in [7, 11) is 1.33. The van der Waals surface area contributed by atoms with E-state index in [9.17, 15) is 9.90 Å². The number of aliphatic hydroxyl groups is 1. The van der Waals surface area contributed by atoms with Gasteiger partial charge in [0.15, 0.2) is 0 Å². The predicted octanol–water partition coefficient (Wildman–Crippen LogP) is 2.08. The Labute approximate surface area is 89.0 Å². The van der Waals surface area contributed by atoms with Crippen molar-refractivity contribution in [1.29, 1.82) is 0 Å². The monoisotopic (exact) mass is 206 g/mol. The van der Waals surface area contributed by atoms with Crippen LogP contribution >= 0.6 is 0 Å². The number of hydrogen-bond acceptors (Lipinski definition) is 3. The van der Waals surface area contributed by atoms with E-state index in [1.165, 1.54) is 7.11 Å². The van der Waals surface area contributed by atoms with E-state index in [0.29, 0.717) is 17.5 Å². The second-order valence-corrected chi connectivity index (χ2v) is 3.16. The van der Waals surface area contributed by atoms with E-state index in [0.717, 1.165) is 0 Å². The molecule has 0 saturated heterocycles. The largest absolute Gasteiger partial charge is 0.465 e. The number of hydrogen-bond donors (Lipinski definition) is 1. The van der Waals surface area contributed by atoms with Crippen LogP contribution in [0.5, 0.6) is 0 Å². The summed E-state index contributed by atoms with van der Waals surface area (Å²) in [6.45, 7) is 3.55. The molecule has 0 saturated carbocycles. The van der Waals surface area contributed by atoms with Crippen LogP contribution in [0.1, 0.15) is 28.4 Å². The highest BCUT2D eigenvalue weighted by atomic mass is 16.5. The fraction of sp³-hybridized carbons (Fsp3) is 0.250. The molecule has 0 aliphatic heterocycles. The van der Waals surface area contributed by atoms with Crippen molar-refractivity contribution < 1.29 is 14.6 Å². The maximum Gasteiger partial charge on any atom is 0.337 e. The molecule has 3 heteroatoms. The summed E-state index contributed by atoms with van der Waals surface area (Å²) in [6, 6.07) is 6.75. The number of benzene rings is 1. The first-order valence-electron chi connectivity index (χ1n) is 4.66. The van der Waals surface area contributed by atoms with Crippen LogP contribution in [0.2, 0.25) is 0 Å². The highest BCUT2D eigenvalue weighted by Crippen LogP contribution is 2.18. The van der Waals surface area contributed by atoms with Crippen molar-refractivity contribution in [3.63, 3.8) is 0 Å². The number of ether oxygens (including phenoxy) is 1. The van der Waals surface area contributed by atoms with Crippen LogP contribution in [0, 0.1) is 0 Å². The summed E-state index contributed by atoms with van der Waals surface area (Å²) in [6.07, 6.45) is 1.48. The van der Waals surface area contributed by atoms with E-state index < -0.39 is 12.1 Å². The lowest BCUT2D eigenvalue weighted by Gasteiger charge is -2.09. The third-order valence-electron chi connectivity index (χ3n) is 2.08. The molecule has 15 heavy (non-hydrogen) atoms. The van der Waals surface area contributed by atoms with E-state index >= 15 is 0 Å². The molecule has 0 aromatic heterocycles. The van der Waals surface area contributed by atoms with Crippen molar-refractivity contribution in [2.45, 2.75) is 12.5 Å². The summed E-state index contributed by atoms with van der Waals surface area (Å²) < 4.78 is 4.59. The first kappa shape index (κ1) is 11.5. The molecule has 1 N–H and O–H groups in total. The molecule has 0 bridgehead atoms. The third-order valence-corrected chi connectivity index (χ3v) is 2.08. The van der Waals surface area contributed by atoms with Crippen molar-refractivity contribution >= 4 is 5.97 Å². The zero-order valence-electron chi connectivity index (χ0n) is 8.64. The third kappa shape index (κ3) is 2.92. The summed E-state index contributed by atoms with van der Waals surface area (Å²) in [5.41, 5.74) is 1.14. The van der Waals surface area contributed by atoms with Crippen LogP contribution < -0.4 is 0 Å². The van der Waals surface area contributed by atoms with Gasteiger partial charge in [-0.15, -0.1) is 6.58 Å². The summed E-state index contributed by atoms with van der Waals surface area (Å²) in [5.74, 6) is -0.400. The average molecular weight is 206 g/mol. The minimum absolute atomic E-state index is 0.400. The number of rotatable bonds is 4. The van der Waals surface area contributed by atoms with Crippen LogP contribution in [-0.2, 0) is 4.74 Å². The summed E-state index contributed by atoms with van der Waals surface area (Å²) in [4.78, 5) is 11.2. The predicted molar refractivity (Wildman–Crippen MR) is 57.6 cm³/mol. The lowest BCUT2D eigenvalue weighted by atomic mass is 10.0. The zero-order chi connectivity index (χ0) is 11.3. The van der Waals surface area contributed by atoms with Gasteiger partial charge in [0.1, 0.15) is 0 Å². The van der Waals surface area contributed by atoms with Crippen molar-refractivity contribution in [3.05, 3.63) is 48.0 Å². The fourth-order valence-electron chi connectivity index (χ4n) is 1.28. The molecule has 80 valence electrons. The molecule has 0 aliphatic rings. The topological polar surface area (TPSA) is 46.5 Å². The molecular weight excluding hydrogens is 192 g/mol. The Morgan fingerprint density at radius 2 is 2.40 bits per heavy atom. The van der Waals surface area contributed by atoms with Crippen LogP contribution in [0.3, 0.4) is 0 Å².